The van der Waals surface area contributed by atoms with Gasteiger partial charge in [0.15, 0.2) is 0 Å². The SMILES string of the molecule is Cc1nn(-c2ccccc2)c(C)c1C(=O)N1CCCC(N)C1. The van der Waals surface area contributed by atoms with E-state index in [1.807, 2.05) is 53.8 Å². The van der Waals surface area contributed by atoms with Crippen LogP contribution in [-0.4, -0.2) is 39.7 Å². The average Bonchev–Trinajstić information content (AvgIpc) is 2.82. The quantitative estimate of drug-likeness (QED) is 0.923. The molecule has 1 aromatic carbocycles. The number of rotatable bonds is 2. The zero-order valence-electron chi connectivity index (χ0n) is 13.1. The van der Waals surface area contributed by atoms with Gasteiger partial charge in [-0.1, -0.05) is 18.2 Å². The van der Waals surface area contributed by atoms with Crippen molar-refractivity contribution in [2.24, 2.45) is 5.73 Å². The van der Waals surface area contributed by atoms with Gasteiger partial charge in [-0.25, -0.2) is 4.68 Å². The number of carbonyl (C=O) groups excluding carboxylic acids is 1. The maximum absolute atomic E-state index is 12.8. The molecule has 1 atom stereocenters. The largest absolute Gasteiger partial charge is 0.337 e. The lowest BCUT2D eigenvalue weighted by Gasteiger charge is -2.30. The molecule has 5 heteroatoms. The van der Waals surface area contributed by atoms with Crippen molar-refractivity contribution >= 4 is 5.91 Å². The molecule has 1 saturated heterocycles. The fourth-order valence-electron chi connectivity index (χ4n) is 3.13. The Balaban J connectivity index is 1.94. The second-order valence-electron chi connectivity index (χ2n) is 5.95. The number of aromatic nitrogens is 2. The average molecular weight is 298 g/mol. The molecule has 3 rings (SSSR count). The highest BCUT2D eigenvalue weighted by atomic mass is 16.2. The summed E-state index contributed by atoms with van der Waals surface area (Å²) >= 11 is 0. The fourth-order valence-corrected chi connectivity index (χ4v) is 3.13. The highest BCUT2D eigenvalue weighted by Crippen LogP contribution is 2.21. The van der Waals surface area contributed by atoms with Crippen LogP contribution >= 0.6 is 0 Å². The number of piperidine rings is 1. The summed E-state index contributed by atoms with van der Waals surface area (Å²) in [4.78, 5) is 14.7. The Morgan fingerprint density at radius 2 is 2.00 bits per heavy atom. The molecule has 0 aliphatic carbocycles. The van der Waals surface area contributed by atoms with Gasteiger partial charge in [0.2, 0.25) is 0 Å². The normalized spacial score (nSPS) is 18.5. The predicted octanol–water partition coefficient (Wildman–Crippen LogP) is 2.05. The van der Waals surface area contributed by atoms with E-state index >= 15 is 0 Å². The molecular formula is C17H22N4O. The molecule has 5 nitrogen and oxygen atoms in total. The smallest absolute Gasteiger partial charge is 0.257 e. The molecule has 0 saturated carbocycles. The maximum Gasteiger partial charge on any atom is 0.257 e. The lowest BCUT2D eigenvalue weighted by molar-refractivity contribution is 0.0707. The van der Waals surface area contributed by atoms with E-state index in [1.165, 1.54) is 0 Å². The number of hydrogen-bond donors (Lipinski definition) is 1. The van der Waals surface area contributed by atoms with Gasteiger partial charge >= 0.3 is 0 Å². The van der Waals surface area contributed by atoms with Crippen LogP contribution in [0.15, 0.2) is 30.3 Å². The Morgan fingerprint density at radius 3 is 2.68 bits per heavy atom. The Morgan fingerprint density at radius 1 is 1.27 bits per heavy atom. The van der Waals surface area contributed by atoms with Gasteiger partial charge in [-0.2, -0.15) is 5.10 Å². The lowest BCUT2D eigenvalue weighted by atomic mass is 10.0. The molecule has 1 aliphatic rings. The van der Waals surface area contributed by atoms with E-state index in [0.29, 0.717) is 12.1 Å². The number of amides is 1. The van der Waals surface area contributed by atoms with Crippen molar-refractivity contribution in [3.63, 3.8) is 0 Å². The molecule has 2 aromatic rings. The molecule has 2 N–H and O–H groups in total. The third-order valence-corrected chi connectivity index (χ3v) is 4.25. The molecule has 1 aromatic heterocycles. The first-order valence-electron chi connectivity index (χ1n) is 7.74. The third-order valence-electron chi connectivity index (χ3n) is 4.25. The number of hydrogen-bond acceptors (Lipinski definition) is 3. The van der Waals surface area contributed by atoms with Crippen LogP contribution in [-0.2, 0) is 0 Å². The van der Waals surface area contributed by atoms with Gasteiger partial charge in [0.25, 0.3) is 5.91 Å². The summed E-state index contributed by atoms with van der Waals surface area (Å²) in [5.74, 6) is 0.0485. The Kier molecular flexibility index (Phi) is 3.98. The van der Waals surface area contributed by atoms with Crippen molar-refractivity contribution in [3.8, 4) is 5.69 Å². The van der Waals surface area contributed by atoms with Crippen molar-refractivity contribution in [1.82, 2.24) is 14.7 Å². The topological polar surface area (TPSA) is 64.2 Å². The monoisotopic (exact) mass is 298 g/mol. The molecule has 1 fully saturated rings. The van der Waals surface area contributed by atoms with E-state index in [1.54, 1.807) is 0 Å². The number of likely N-dealkylation sites (tertiary alicyclic amines) is 1. The first-order valence-corrected chi connectivity index (χ1v) is 7.74. The van der Waals surface area contributed by atoms with Crippen molar-refractivity contribution in [2.75, 3.05) is 13.1 Å². The molecule has 2 heterocycles. The summed E-state index contributed by atoms with van der Waals surface area (Å²) in [5, 5.41) is 4.55. The number of para-hydroxylation sites is 1. The van der Waals surface area contributed by atoms with Crippen LogP contribution in [0.4, 0.5) is 0 Å². The van der Waals surface area contributed by atoms with E-state index in [4.69, 9.17) is 5.73 Å². The van der Waals surface area contributed by atoms with Gasteiger partial charge in [-0.15, -0.1) is 0 Å². The van der Waals surface area contributed by atoms with Crippen LogP contribution in [0.2, 0.25) is 0 Å². The summed E-state index contributed by atoms with van der Waals surface area (Å²) in [6, 6.07) is 9.97. The number of nitrogens with two attached hydrogens (primary N) is 1. The minimum atomic E-state index is 0.0485. The van der Waals surface area contributed by atoms with E-state index in [0.717, 1.165) is 36.5 Å². The molecular weight excluding hydrogens is 276 g/mol. The highest BCUT2D eigenvalue weighted by Gasteiger charge is 2.27. The Labute approximate surface area is 130 Å². The van der Waals surface area contributed by atoms with Gasteiger partial charge in [0.05, 0.1) is 22.6 Å². The second kappa shape index (κ2) is 5.93. The van der Waals surface area contributed by atoms with E-state index in [2.05, 4.69) is 5.10 Å². The van der Waals surface area contributed by atoms with Crippen molar-refractivity contribution < 1.29 is 4.79 Å². The molecule has 1 amide bonds. The number of benzene rings is 1. The third kappa shape index (κ3) is 2.64. The first kappa shape index (κ1) is 14.8. The van der Waals surface area contributed by atoms with Crippen LogP contribution in [0.25, 0.3) is 5.69 Å². The molecule has 1 unspecified atom stereocenters. The number of nitrogens with zero attached hydrogens (tertiary/aromatic N) is 3. The predicted molar refractivity (Wildman–Crippen MR) is 86.2 cm³/mol. The van der Waals surface area contributed by atoms with Crippen LogP contribution in [0.5, 0.6) is 0 Å². The zero-order chi connectivity index (χ0) is 15.7. The lowest BCUT2D eigenvalue weighted by Crippen LogP contribution is -2.46. The molecule has 0 radical (unpaired) electrons. The Hall–Kier alpha value is -2.14. The van der Waals surface area contributed by atoms with E-state index in [9.17, 15) is 4.79 Å². The van der Waals surface area contributed by atoms with Crippen LogP contribution in [0.1, 0.15) is 34.6 Å². The van der Waals surface area contributed by atoms with Gasteiger partial charge in [0, 0.05) is 19.1 Å². The summed E-state index contributed by atoms with van der Waals surface area (Å²) in [6.45, 7) is 5.25. The minimum Gasteiger partial charge on any atom is -0.337 e. The van der Waals surface area contributed by atoms with Gasteiger partial charge in [-0.05, 0) is 38.8 Å². The summed E-state index contributed by atoms with van der Waals surface area (Å²) in [6.07, 6.45) is 1.96. The maximum atomic E-state index is 12.8. The summed E-state index contributed by atoms with van der Waals surface area (Å²) in [7, 11) is 0. The van der Waals surface area contributed by atoms with Crippen molar-refractivity contribution in [1.29, 1.82) is 0 Å². The molecule has 0 bridgehead atoms. The van der Waals surface area contributed by atoms with Crippen LogP contribution in [0.3, 0.4) is 0 Å². The van der Waals surface area contributed by atoms with Gasteiger partial charge < -0.3 is 10.6 Å². The Bertz CT molecular complexity index is 677. The molecule has 0 spiro atoms. The van der Waals surface area contributed by atoms with Gasteiger partial charge in [-0.3, -0.25) is 4.79 Å². The number of carbonyl (C=O) groups is 1. The standard InChI is InChI=1S/C17H22N4O/c1-12-16(17(22)20-10-6-7-14(18)11-20)13(2)21(19-12)15-8-4-3-5-9-15/h3-5,8-9,14H,6-7,10-11,18H2,1-2H3. The summed E-state index contributed by atoms with van der Waals surface area (Å²) < 4.78 is 1.84. The molecule has 1 aliphatic heterocycles. The minimum absolute atomic E-state index is 0.0485. The highest BCUT2D eigenvalue weighted by molar-refractivity contribution is 5.96. The first-order chi connectivity index (χ1) is 10.6. The van der Waals surface area contributed by atoms with Crippen molar-refractivity contribution in [2.45, 2.75) is 32.7 Å². The van der Waals surface area contributed by atoms with Crippen molar-refractivity contribution in [3.05, 3.63) is 47.3 Å². The molecule has 116 valence electrons. The number of aryl methyl sites for hydroxylation is 1. The van der Waals surface area contributed by atoms with E-state index in [-0.39, 0.29) is 11.9 Å². The van der Waals surface area contributed by atoms with Crippen LogP contribution < -0.4 is 5.73 Å². The molecule has 22 heavy (non-hydrogen) atoms. The second-order valence-corrected chi connectivity index (χ2v) is 5.95. The summed E-state index contributed by atoms with van der Waals surface area (Å²) in [5.41, 5.74) is 9.33. The van der Waals surface area contributed by atoms with Crippen LogP contribution in [0, 0.1) is 13.8 Å². The van der Waals surface area contributed by atoms with Gasteiger partial charge in [0.1, 0.15) is 0 Å². The fraction of sp³-hybridized carbons (Fsp3) is 0.412. The van der Waals surface area contributed by atoms with E-state index < -0.39 is 0 Å². The zero-order valence-corrected chi connectivity index (χ0v) is 13.1.